The number of nitrogens with one attached hydrogen (secondary N) is 2. The maximum atomic E-state index is 12.1. The average molecular weight is 474 g/mol. The summed E-state index contributed by atoms with van der Waals surface area (Å²) in [5, 5.41) is 10.2. The van der Waals surface area contributed by atoms with Gasteiger partial charge in [-0.15, -0.1) is 11.3 Å². The van der Waals surface area contributed by atoms with Crippen molar-refractivity contribution >= 4 is 75.0 Å². The number of aromatic nitrogens is 1. The summed E-state index contributed by atoms with van der Waals surface area (Å²) in [5.41, 5.74) is -0.168. The fourth-order valence-electron chi connectivity index (χ4n) is 1.89. The summed E-state index contributed by atoms with van der Waals surface area (Å²) in [7, 11) is 0. The molecule has 1 saturated heterocycles. The van der Waals surface area contributed by atoms with E-state index >= 15 is 0 Å². The van der Waals surface area contributed by atoms with Crippen LogP contribution in [0.1, 0.15) is 19.0 Å². The Bertz CT molecular complexity index is 767. The van der Waals surface area contributed by atoms with Gasteiger partial charge in [0, 0.05) is 18.3 Å². The van der Waals surface area contributed by atoms with Crippen molar-refractivity contribution in [3.63, 3.8) is 0 Å². The van der Waals surface area contributed by atoms with E-state index < -0.39 is 28.6 Å². The summed E-state index contributed by atoms with van der Waals surface area (Å²) in [6.07, 6.45) is -1.30. The van der Waals surface area contributed by atoms with Crippen LogP contribution in [0, 0.1) is 0 Å². The molecule has 154 valence electrons. The molecule has 14 heteroatoms. The second-order valence-electron chi connectivity index (χ2n) is 5.19. The number of carbonyl (C=O) groups is 3. The summed E-state index contributed by atoms with van der Waals surface area (Å²) >= 11 is 17.5. The van der Waals surface area contributed by atoms with Crippen molar-refractivity contribution in [1.29, 1.82) is 0 Å². The third kappa shape index (κ3) is 6.97. The topological polar surface area (TPSA) is 128 Å². The van der Waals surface area contributed by atoms with Crippen molar-refractivity contribution in [2.75, 3.05) is 25.1 Å². The van der Waals surface area contributed by atoms with Gasteiger partial charge in [-0.1, -0.05) is 40.0 Å². The van der Waals surface area contributed by atoms with Gasteiger partial charge in [0.2, 0.25) is 15.6 Å². The Hall–Kier alpha value is -1.82. The Kier molecular flexibility index (Phi) is 8.10. The van der Waals surface area contributed by atoms with Crippen LogP contribution in [0.3, 0.4) is 0 Å². The number of ether oxygens (including phenoxy) is 2. The highest BCUT2D eigenvalue weighted by Crippen LogP contribution is 2.26. The Balaban J connectivity index is 2.08. The highest BCUT2D eigenvalue weighted by atomic mass is 35.6. The maximum absolute atomic E-state index is 12.1. The zero-order valence-corrected chi connectivity index (χ0v) is 17.5. The molecule has 10 nitrogen and oxygen atoms in total. The molecular formula is C14H15Cl3N4O6S. The van der Waals surface area contributed by atoms with Crippen molar-refractivity contribution in [2.24, 2.45) is 5.16 Å². The van der Waals surface area contributed by atoms with E-state index in [0.29, 0.717) is 13.0 Å². The minimum Gasteiger partial charge on any atom is -0.461 e. The lowest BCUT2D eigenvalue weighted by Gasteiger charge is -2.10. The quantitative estimate of drug-likeness (QED) is 0.269. The number of oxime groups is 1. The lowest BCUT2D eigenvalue weighted by Crippen LogP contribution is -2.26. The van der Waals surface area contributed by atoms with E-state index in [1.165, 1.54) is 5.38 Å². The zero-order chi connectivity index (χ0) is 20.7. The molecule has 0 radical (unpaired) electrons. The highest BCUT2D eigenvalue weighted by molar-refractivity contribution is 7.14. The maximum Gasteiger partial charge on any atom is 0.413 e. The molecule has 1 unspecified atom stereocenters. The lowest BCUT2D eigenvalue weighted by molar-refractivity contribution is -0.136. The van der Waals surface area contributed by atoms with Crippen molar-refractivity contribution < 1.29 is 28.7 Å². The van der Waals surface area contributed by atoms with Crippen molar-refractivity contribution in [3.05, 3.63) is 11.1 Å². The first-order chi connectivity index (χ1) is 13.2. The molecule has 2 heterocycles. The number of amides is 2. The molecule has 1 aromatic heterocycles. The Morgan fingerprint density at radius 2 is 2.18 bits per heavy atom. The van der Waals surface area contributed by atoms with Crippen LogP contribution in [0.4, 0.5) is 9.93 Å². The van der Waals surface area contributed by atoms with Gasteiger partial charge in [-0.25, -0.2) is 14.6 Å². The Morgan fingerprint density at radius 3 is 2.79 bits per heavy atom. The van der Waals surface area contributed by atoms with E-state index in [2.05, 4.69) is 20.8 Å². The minimum atomic E-state index is -1.75. The van der Waals surface area contributed by atoms with Gasteiger partial charge >= 0.3 is 12.1 Å². The number of thiazole rings is 1. The van der Waals surface area contributed by atoms with Crippen LogP contribution < -0.4 is 10.6 Å². The molecular weight excluding hydrogens is 459 g/mol. The van der Waals surface area contributed by atoms with E-state index in [9.17, 15) is 14.4 Å². The van der Waals surface area contributed by atoms with E-state index in [4.69, 9.17) is 49.1 Å². The van der Waals surface area contributed by atoms with E-state index in [1.807, 2.05) is 0 Å². The summed E-state index contributed by atoms with van der Waals surface area (Å²) in [5.74, 6) is -1.12. The molecule has 0 bridgehead atoms. The fraction of sp³-hybridized carbons (Fsp3) is 0.500. The molecule has 0 spiro atoms. The number of hydrogen-bond donors (Lipinski definition) is 2. The number of anilines is 1. The number of esters is 1. The van der Waals surface area contributed by atoms with Gasteiger partial charge in [-0.2, -0.15) is 0 Å². The van der Waals surface area contributed by atoms with Crippen molar-refractivity contribution in [3.8, 4) is 0 Å². The van der Waals surface area contributed by atoms with Gasteiger partial charge in [-0.3, -0.25) is 10.1 Å². The predicted octanol–water partition coefficient (Wildman–Crippen LogP) is 2.23. The van der Waals surface area contributed by atoms with Crippen LogP contribution in [-0.4, -0.2) is 58.3 Å². The third-order valence-corrected chi connectivity index (χ3v) is 4.15. The first kappa shape index (κ1) is 22.5. The van der Waals surface area contributed by atoms with E-state index in [-0.39, 0.29) is 29.1 Å². The normalized spacial score (nSPS) is 17.1. The molecule has 2 rings (SSSR count). The largest absolute Gasteiger partial charge is 0.461 e. The molecule has 1 aliphatic rings. The average Bonchev–Trinajstić information content (AvgIpc) is 3.22. The molecule has 0 aromatic carbocycles. The standard InChI is InChI=1S/C14H15Cl3N4O6S/c1-2-25-11(23)9(21-27-8-3-4-18-10(8)22)7-5-28-12(19-7)20-13(24)26-6-14(15,16)17/h5,8H,2-4,6H2,1H3,(H,18,22)(H,19,20,24)/b21-9-. The van der Waals surface area contributed by atoms with Gasteiger partial charge in [0.15, 0.2) is 5.13 Å². The number of halogens is 3. The third-order valence-electron chi connectivity index (χ3n) is 3.06. The molecule has 0 aliphatic carbocycles. The molecule has 1 fully saturated rings. The molecule has 2 amide bonds. The first-order valence-electron chi connectivity index (χ1n) is 7.84. The smallest absolute Gasteiger partial charge is 0.413 e. The summed E-state index contributed by atoms with van der Waals surface area (Å²) in [6.45, 7) is 1.71. The van der Waals surface area contributed by atoms with Crippen LogP contribution in [0.2, 0.25) is 0 Å². The predicted molar refractivity (Wildman–Crippen MR) is 103 cm³/mol. The van der Waals surface area contributed by atoms with Crippen LogP contribution in [0.15, 0.2) is 10.5 Å². The van der Waals surface area contributed by atoms with Crippen molar-refractivity contribution in [1.82, 2.24) is 10.3 Å². The van der Waals surface area contributed by atoms with Gasteiger partial charge in [0.1, 0.15) is 12.3 Å². The minimum absolute atomic E-state index is 0.0820. The van der Waals surface area contributed by atoms with Crippen LogP contribution in [0.5, 0.6) is 0 Å². The van der Waals surface area contributed by atoms with Gasteiger partial charge in [0.25, 0.3) is 5.91 Å². The molecule has 1 atom stereocenters. The number of carbonyl (C=O) groups excluding carboxylic acids is 3. The van der Waals surface area contributed by atoms with Crippen LogP contribution >= 0.6 is 46.1 Å². The lowest BCUT2D eigenvalue weighted by atomic mass is 10.3. The van der Waals surface area contributed by atoms with Crippen LogP contribution in [-0.2, 0) is 23.9 Å². The van der Waals surface area contributed by atoms with Crippen molar-refractivity contribution in [2.45, 2.75) is 23.2 Å². The van der Waals surface area contributed by atoms with Gasteiger partial charge in [-0.05, 0) is 6.92 Å². The molecule has 0 saturated carbocycles. The fourth-order valence-corrected chi connectivity index (χ4v) is 2.73. The molecule has 1 aliphatic heterocycles. The molecule has 28 heavy (non-hydrogen) atoms. The SMILES string of the molecule is CCOC(=O)/C(=N\OC1CCNC1=O)c1csc(NC(=O)OCC(Cl)(Cl)Cl)n1. The van der Waals surface area contributed by atoms with E-state index in [0.717, 1.165) is 11.3 Å². The zero-order valence-electron chi connectivity index (χ0n) is 14.4. The summed E-state index contributed by atoms with van der Waals surface area (Å²) in [6, 6.07) is 0. The number of rotatable bonds is 7. The molecule has 2 N–H and O–H groups in total. The molecule has 1 aromatic rings. The summed E-state index contributed by atoms with van der Waals surface area (Å²) < 4.78 is 7.90. The van der Waals surface area contributed by atoms with Gasteiger partial charge < -0.3 is 19.6 Å². The first-order valence-corrected chi connectivity index (χ1v) is 9.86. The second-order valence-corrected chi connectivity index (χ2v) is 8.56. The summed E-state index contributed by atoms with van der Waals surface area (Å²) in [4.78, 5) is 44.6. The Labute approximate surface area is 178 Å². The van der Waals surface area contributed by atoms with Crippen LogP contribution in [0.25, 0.3) is 0 Å². The van der Waals surface area contributed by atoms with Gasteiger partial charge in [0.05, 0.1) is 6.61 Å². The number of nitrogens with zero attached hydrogens (tertiary/aromatic N) is 2. The highest BCUT2D eigenvalue weighted by Gasteiger charge is 2.28. The Morgan fingerprint density at radius 1 is 1.43 bits per heavy atom. The second kappa shape index (κ2) is 10.1. The monoisotopic (exact) mass is 472 g/mol. The number of alkyl halides is 3. The van der Waals surface area contributed by atoms with E-state index in [1.54, 1.807) is 6.92 Å². The number of hydrogen-bond acceptors (Lipinski definition) is 9.